The molecule has 0 fully saturated rings. The molecule has 0 aromatic carbocycles. The molecule has 0 atom stereocenters. The van der Waals surface area contributed by atoms with Crippen molar-refractivity contribution in [1.82, 2.24) is 25.3 Å². The minimum Gasteiger partial charge on any atom is -0.338 e. The predicted octanol–water partition coefficient (Wildman–Crippen LogP) is 2.60. The predicted molar refractivity (Wildman–Crippen MR) is 85.9 cm³/mol. The van der Waals surface area contributed by atoms with Crippen LogP contribution in [-0.4, -0.2) is 32.5 Å². The summed E-state index contributed by atoms with van der Waals surface area (Å²) in [5.74, 6) is 0.430. The zero-order chi connectivity index (χ0) is 15.5. The molecule has 3 rings (SSSR count). The maximum absolute atomic E-state index is 11.5. The van der Waals surface area contributed by atoms with Crippen LogP contribution in [0.5, 0.6) is 0 Å². The first kappa shape index (κ1) is 14.3. The van der Waals surface area contributed by atoms with Gasteiger partial charge >= 0.3 is 6.03 Å². The number of fused-ring (bicyclic) bond motifs is 1. The van der Waals surface area contributed by atoms with Crippen molar-refractivity contribution in [2.75, 3.05) is 11.9 Å². The van der Waals surface area contributed by atoms with Crippen LogP contribution in [0.1, 0.15) is 11.9 Å². The van der Waals surface area contributed by atoms with Gasteiger partial charge < -0.3 is 5.32 Å². The van der Waals surface area contributed by atoms with Gasteiger partial charge in [-0.05, 0) is 26.0 Å². The van der Waals surface area contributed by atoms with E-state index in [2.05, 4.69) is 30.6 Å². The van der Waals surface area contributed by atoms with Gasteiger partial charge in [0.2, 0.25) is 0 Å². The highest BCUT2D eigenvalue weighted by molar-refractivity contribution is 7.09. The van der Waals surface area contributed by atoms with Crippen LogP contribution in [0.4, 0.5) is 10.6 Å². The van der Waals surface area contributed by atoms with E-state index < -0.39 is 0 Å². The van der Waals surface area contributed by atoms with Crippen molar-refractivity contribution in [1.29, 1.82) is 0 Å². The third-order valence-corrected chi connectivity index (χ3v) is 3.64. The fraction of sp³-hybridized carbons (Fsp3) is 0.214. The lowest BCUT2D eigenvalue weighted by atomic mass is 10.3. The molecule has 3 heterocycles. The SMILES string of the molecule is CCNC(=O)Nc1ccc2ncc(-c3csc(C)n3)nc2n1. The number of carbonyl (C=O) groups excluding carboxylic acids is 1. The quantitative estimate of drug-likeness (QED) is 0.775. The molecular weight excluding hydrogens is 300 g/mol. The molecule has 8 heteroatoms. The average molecular weight is 314 g/mol. The second-order valence-electron chi connectivity index (χ2n) is 4.53. The van der Waals surface area contributed by atoms with Crippen molar-refractivity contribution >= 4 is 34.3 Å². The lowest BCUT2D eigenvalue weighted by Crippen LogP contribution is -2.28. The van der Waals surface area contributed by atoms with E-state index in [9.17, 15) is 4.79 Å². The van der Waals surface area contributed by atoms with E-state index in [1.807, 2.05) is 19.2 Å². The highest BCUT2D eigenvalue weighted by atomic mass is 32.1. The van der Waals surface area contributed by atoms with Crippen LogP contribution in [0.15, 0.2) is 23.7 Å². The summed E-state index contributed by atoms with van der Waals surface area (Å²) in [6.07, 6.45) is 1.68. The van der Waals surface area contributed by atoms with Crippen molar-refractivity contribution in [3.63, 3.8) is 0 Å². The van der Waals surface area contributed by atoms with Gasteiger partial charge in [-0.1, -0.05) is 0 Å². The van der Waals surface area contributed by atoms with Gasteiger partial charge in [-0.3, -0.25) is 10.3 Å². The summed E-state index contributed by atoms with van der Waals surface area (Å²) < 4.78 is 0. The summed E-state index contributed by atoms with van der Waals surface area (Å²) in [6.45, 7) is 4.34. The van der Waals surface area contributed by atoms with Gasteiger partial charge in [-0.25, -0.2) is 19.7 Å². The Balaban J connectivity index is 1.94. The van der Waals surface area contributed by atoms with Gasteiger partial charge in [0.05, 0.1) is 11.2 Å². The molecule has 0 aliphatic carbocycles. The molecule has 0 saturated carbocycles. The zero-order valence-corrected chi connectivity index (χ0v) is 12.9. The van der Waals surface area contributed by atoms with E-state index in [0.29, 0.717) is 29.2 Å². The molecule has 7 nitrogen and oxygen atoms in total. The molecule has 0 radical (unpaired) electrons. The highest BCUT2D eigenvalue weighted by Gasteiger charge is 2.08. The van der Waals surface area contributed by atoms with Gasteiger partial charge in [-0.15, -0.1) is 11.3 Å². The number of nitrogens with one attached hydrogen (secondary N) is 2. The van der Waals surface area contributed by atoms with E-state index in [4.69, 9.17) is 0 Å². The Morgan fingerprint density at radius 2 is 2.09 bits per heavy atom. The number of pyridine rings is 1. The normalized spacial score (nSPS) is 10.6. The largest absolute Gasteiger partial charge is 0.338 e. The van der Waals surface area contributed by atoms with E-state index in [-0.39, 0.29) is 6.03 Å². The van der Waals surface area contributed by atoms with Gasteiger partial charge in [-0.2, -0.15) is 0 Å². The summed E-state index contributed by atoms with van der Waals surface area (Å²) in [5.41, 5.74) is 2.58. The Labute approximate surface area is 130 Å². The molecule has 0 aliphatic rings. The van der Waals surface area contributed by atoms with Crippen LogP contribution in [0.3, 0.4) is 0 Å². The monoisotopic (exact) mass is 314 g/mol. The van der Waals surface area contributed by atoms with Gasteiger partial charge in [0, 0.05) is 11.9 Å². The van der Waals surface area contributed by atoms with E-state index in [1.54, 1.807) is 29.7 Å². The lowest BCUT2D eigenvalue weighted by molar-refractivity contribution is 0.252. The van der Waals surface area contributed by atoms with Gasteiger partial charge in [0.15, 0.2) is 5.65 Å². The fourth-order valence-corrected chi connectivity index (χ4v) is 2.50. The van der Waals surface area contributed by atoms with Crippen molar-refractivity contribution in [3.8, 4) is 11.4 Å². The zero-order valence-electron chi connectivity index (χ0n) is 12.1. The summed E-state index contributed by atoms with van der Waals surface area (Å²) in [5, 5.41) is 8.20. The number of hydrogen-bond donors (Lipinski definition) is 2. The fourth-order valence-electron chi connectivity index (χ4n) is 1.89. The van der Waals surface area contributed by atoms with Crippen molar-refractivity contribution in [2.45, 2.75) is 13.8 Å². The maximum Gasteiger partial charge on any atom is 0.320 e. The maximum atomic E-state index is 11.5. The molecular formula is C14H14N6OS. The Hall–Kier alpha value is -2.61. The summed E-state index contributed by atoms with van der Waals surface area (Å²) >= 11 is 1.56. The number of hydrogen-bond acceptors (Lipinski definition) is 6. The smallest absolute Gasteiger partial charge is 0.320 e. The Bertz CT molecular complexity index is 831. The van der Waals surface area contributed by atoms with Crippen molar-refractivity contribution < 1.29 is 4.79 Å². The number of urea groups is 1. The second-order valence-corrected chi connectivity index (χ2v) is 5.59. The number of amides is 2. The molecule has 22 heavy (non-hydrogen) atoms. The molecule has 112 valence electrons. The minimum atomic E-state index is -0.298. The first-order valence-electron chi connectivity index (χ1n) is 6.77. The summed E-state index contributed by atoms with van der Waals surface area (Å²) in [4.78, 5) is 29.1. The number of carbonyl (C=O) groups is 1. The van der Waals surface area contributed by atoms with Crippen LogP contribution >= 0.6 is 11.3 Å². The molecule has 3 aromatic rings. The number of aromatic nitrogens is 4. The second kappa shape index (κ2) is 6.02. The number of thiazole rings is 1. The molecule has 0 saturated heterocycles. The van der Waals surface area contributed by atoms with Gasteiger partial charge in [0.25, 0.3) is 0 Å². The Kier molecular flexibility index (Phi) is 3.92. The third kappa shape index (κ3) is 3.01. The Morgan fingerprint density at radius 1 is 1.23 bits per heavy atom. The molecule has 3 aromatic heterocycles. The first-order valence-corrected chi connectivity index (χ1v) is 7.65. The molecule has 2 amide bonds. The Morgan fingerprint density at radius 3 is 2.82 bits per heavy atom. The first-order chi connectivity index (χ1) is 10.7. The van der Waals surface area contributed by atoms with Crippen LogP contribution in [-0.2, 0) is 0 Å². The van der Waals surface area contributed by atoms with Gasteiger partial charge in [0.1, 0.15) is 22.7 Å². The van der Waals surface area contributed by atoms with Crippen LogP contribution in [0, 0.1) is 6.92 Å². The van der Waals surface area contributed by atoms with Crippen LogP contribution < -0.4 is 10.6 Å². The van der Waals surface area contributed by atoms with E-state index in [1.165, 1.54) is 0 Å². The molecule has 0 aliphatic heterocycles. The molecule has 0 spiro atoms. The molecule has 0 unspecified atom stereocenters. The number of nitrogens with zero attached hydrogens (tertiary/aromatic N) is 4. The topological polar surface area (TPSA) is 92.7 Å². The van der Waals surface area contributed by atoms with E-state index >= 15 is 0 Å². The third-order valence-electron chi connectivity index (χ3n) is 2.87. The highest BCUT2D eigenvalue weighted by Crippen LogP contribution is 2.21. The van der Waals surface area contributed by atoms with Crippen molar-refractivity contribution in [3.05, 3.63) is 28.7 Å². The minimum absolute atomic E-state index is 0.298. The standard InChI is InChI=1S/C14H14N6OS/c1-3-15-14(21)20-12-5-4-9-13(19-12)18-10(6-16-9)11-7-22-8(2)17-11/h4-7H,3H2,1-2H3,(H2,15,18,19,20,21). The van der Waals surface area contributed by atoms with Crippen molar-refractivity contribution in [2.24, 2.45) is 0 Å². The van der Waals surface area contributed by atoms with Crippen LogP contribution in [0.2, 0.25) is 0 Å². The lowest BCUT2D eigenvalue weighted by Gasteiger charge is -2.06. The molecule has 0 bridgehead atoms. The number of rotatable bonds is 3. The average Bonchev–Trinajstić information content (AvgIpc) is 2.93. The molecule has 2 N–H and O–H groups in total. The van der Waals surface area contributed by atoms with Crippen LogP contribution in [0.25, 0.3) is 22.6 Å². The summed E-state index contributed by atoms with van der Waals surface area (Å²) in [6, 6.07) is 3.17. The van der Waals surface area contributed by atoms with E-state index in [0.717, 1.165) is 10.7 Å². The number of anilines is 1. The number of aryl methyl sites for hydroxylation is 1. The summed E-state index contributed by atoms with van der Waals surface area (Å²) in [7, 11) is 0.